The molecule has 2 aromatic heterocycles. The second-order valence-corrected chi connectivity index (χ2v) is 3.97. The lowest BCUT2D eigenvalue weighted by Gasteiger charge is -2.04. The molecule has 1 aromatic carbocycles. The summed E-state index contributed by atoms with van der Waals surface area (Å²) in [5.41, 5.74) is 1.12. The molecule has 0 amide bonds. The van der Waals surface area contributed by atoms with E-state index < -0.39 is 0 Å². The molecule has 2 heterocycles. The fourth-order valence-corrected chi connectivity index (χ4v) is 1.91. The van der Waals surface area contributed by atoms with E-state index in [2.05, 4.69) is 20.6 Å². The molecule has 0 aliphatic rings. The maximum atomic E-state index is 12.3. The molecule has 0 fully saturated rings. The van der Waals surface area contributed by atoms with Gasteiger partial charge >= 0.3 is 0 Å². The lowest BCUT2D eigenvalue weighted by molar-refractivity contribution is 0.555. The van der Waals surface area contributed by atoms with Crippen molar-refractivity contribution in [1.29, 1.82) is 0 Å². The molecule has 0 aliphatic heterocycles. The Hall–Kier alpha value is -2.50. The molecule has 0 atom stereocenters. The molecule has 0 unspecified atom stereocenters. The fraction of sp³-hybridized carbons (Fsp3) is 0.167. The number of nitrogens with zero attached hydrogens (tertiary/aromatic N) is 3. The van der Waals surface area contributed by atoms with E-state index in [1.54, 1.807) is 19.1 Å². The Morgan fingerprint density at radius 2 is 2.17 bits per heavy atom. The Bertz CT molecular complexity index is 746. The van der Waals surface area contributed by atoms with Crippen LogP contribution in [0.3, 0.4) is 0 Å². The van der Waals surface area contributed by atoms with Gasteiger partial charge in [-0.05, 0) is 19.1 Å². The molecule has 6 heteroatoms. The van der Waals surface area contributed by atoms with Gasteiger partial charge in [0, 0.05) is 12.0 Å². The maximum absolute atomic E-state index is 12.3. The average Bonchev–Trinajstić information content (AvgIpc) is 2.87. The van der Waals surface area contributed by atoms with E-state index in [1.807, 2.05) is 12.1 Å². The SMILES string of the molecule is Cc1oc2ccccc2c(=O)c1Cc1nn[nH]n1. The lowest BCUT2D eigenvalue weighted by Crippen LogP contribution is -2.12. The van der Waals surface area contributed by atoms with Gasteiger partial charge in [-0.1, -0.05) is 17.3 Å². The van der Waals surface area contributed by atoms with E-state index in [0.29, 0.717) is 34.5 Å². The Kier molecular flexibility index (Phi) is 2.40. The van der Waals surface area contributed by atoms with Crippen LogP contribution >= 0.6 is 0 Å². The number of hydrogen-bond donors (Lipinski definition) is 1. The van der Waals surface area contributed by atoms with Crippen LogP contribution < -0.4 is 5.43 Å². The number of para-hydroxylation sites is 1. The highest BCUT2D eigenvalue weighted by molar-refractivity contribution is 5.77. The van der Waals surface area contributed by atoms with Crippen LogP contribution in [0.2, 0.25) is 0 Å². The summed E-state index contributed by atoms with van der Waals surface area (Å²) in [6.07, 6.45) is 0.315. The summed E-state index contributed by atoms with van der Waals surface area (Å²) in [5, 5.41) is 14.1. The van der Waals surface area contributed by atoms with Gasteiger partial charge in [-0.2, -0.15) is 5.21 Å². The molecule has 0 bridgehead atoms. The molecular weight excluding hydrogens is 232 g/mol. The minimum absolute atomic E-state index is 0.0425. The molecule has 0 radical (unpaired) electrons. The van der Waals surface area contributed by atoms with Crippen molar-refractivity contribution in [2.75, 3.05) is 0 Å². The molecule has 0 spiro atoms. The van der Waals surface area contributed by atoms with E-state index in [1.165, 1.54) is 0 Å². The van der Waals surface area contributed by atoms with Gasteiger partial charge in [-0.3, -0.25) is 4.79 Å². The van der Waals surface area contributed by atoms with E-state index in [4.69, 9.17) is 4.42 Å². The highest BCUT2D eigenvalue weighted by Gasteiger charge is 2.13. The summed E-state index contributed by atoms with van der Waals surface area (Å²) in [4.78, 5) is 12.3. The van der Waals surface area contributed by atoms with Crippen LogP contribution in [0.4, 0.5) is 0 Å². The van der Waals surface area contributed by atoms with Gasteiger partial charge in [0.15, 0.2) is 11.3 Å². The van der Waals surface area contributed by atoms with Gasteiger partial charge in [-0.25, -0.2) is 0 Å². The molecule has 0 saturated heterocycles. The summed E-state index contributed by atoms with van der Waals surface area (Å²) >= 11 is 0. The van der Waals surface area contributed by atoms with Crippen LogP contribution in [0, 0.1) is 6.92 Å². The van der Waals surface area contributed by atoms with Gasteiger partial charge in [-0.15, -0.1) is 10.2 Å². The number of aromatic nitrogens is 4. The average molecular weight is 242 g/mol. The number of tetrazole rings is 1. The highest BCUT2D eigenvalue weighted by Crippen LogP contribution is 2.15. The Labute approximate surface area is 102 Å². The van der Waals surface area contributed by atoms with Crippen molar-refractivity contribution in [2.45, 2.75) is 13.3 Å². The van der Waals surface area contributed by atoms with Crippen molar-refractivity contribution >= 4 is 11.0 Å². The first-order chi connectivity index (χ1) is 8.75. The molecule has 1 N–H and O–H groups in total. The lowest BCUT2D eigenvalue weighted by atomic mass is 10.1. The predicted octanol–water partition coefficient (Wildman–Crippen LogP) is 1.21. The molecular formula is C12H10N4O2. The van der Waals surface area contributed by atoms with Gasteiger partial charge < -0.3 is 4.42 Å². The Morgan fingerprint density at radius 1 is 1.33 bits per heavy atom. The first-order valence-corrected chi connectivity index (χ1v) is 5.49. The normalized spacial score (nSPS) is 10.9. The van der Waals surface area contributed by atoms with E-state index in [0.717, 1.165) is 0 Å². The first kappa shape index (κ1) is 10.6. The van der Waals surface area contributed by atoms with Crippen LogP contribution in [0.25, 0.3) is 11.0 Å². The molecule has 3 rings (SSSR count). The Balaban J connectivity index is 2.20. The third-order valence-corrected chi connectivity index (χ3v) is 2.82. The Morgan fingerprint density at radius 3 is 2.94 bits per heavy atom. The van der Waals surface area contributed by atoms with E-state index in [9.17, 15) is 4.79 Å². The van der Waals surface area contributed by atoms with Gasteiger partial charge in [0.1, 0.15) is 11.3 Å². The quantitative estimate of drug-likeness (QED) is 0.730. The summed E-state index contributed by atoms with van der Waals surface area (Å²) in [6.45, 7) is 1.77. The van der Waals surface area contributed by atoms with Crippen molar-refractivity contribution < 1.29 is 4.42 Å². The van der Waals surface area contributed by atoms with Crippen LogP contribution in [0.1, 0.15) is 17.1 Å². The predicted molar refractivity (Wildman–Crippen MR) is 64.2 cm³/mol. The number of aromatic amines is 1. The van der Waals surface area contributed by atoms with Crippen LogP contribution in [-0.4, -0.2) is 20.6 Å². The maximum Gasteiger partial charge on any atom is 0.196 e. The number of H-pyrrole nitrogens is 1. The monoisotopic (exact) mass is 242 g/mol. The zero-order chi connectivity index (χ0) is 12.5. The standard InChI is InChI=1S/C12H10N4O2/c1-7-9(6-11-13-15-16-14-11)12(17)8-4-2-3-5-10(8)18-7/h2-5H,6H2,1H3,(H,13,14,15,16). The topological polar surface area (TPSA) is 84.7 Å². The van der Waals surface area contributed by atoms with E-state index in [-0.39, 0.29) is 5.43 Å². The molecule has 90 valence electrons. The molecule has 3 aromatic rings. The number of benzene rings is 1. The summed E-state index contributed by atoms with van der Waals surface area (Å²) < 4.78 is 5.64. The van der Waals surface area contributed by atoms with Crippen molar-refractivity contribution in [3.8, 4) is 0 Å². The number of rotatable bonds is 2. The smallest absolute Gasteiger partial charge is 0.196 e. The van der Waals surface area contributed by atoms with Crippen molar-refractivity contribution in [1.82, 2.24) is 20.6 Å². The number of fused-ring (bicyclic) bond motifs is 1. The number of nitrogens with one attached hydrogen (secondary N) is 1. The second-order valence-electron chi connectivity index (χ2n) is 3.97. The molecule has 0 aliphatic carbocycles. The van der Waals surface area contributed by atoms with Gasteiger partial charge in [0.05, 0.1) is 5.39 Å². The first-order valence-electron chi connectivity index (χ1n) is 5.49. The van der Waals surface area contributed by atoms with E-state index >= 15 is 0 Å². The second kappa shape index (κ2) is 4.06. The minimum atomic E-state index is -0.0425. The molecule has 18 heavy (non-hydrogen) atoms. The van der Waals surface area contributed by atoms with Crippen molar-refractivity contribution in [3.05, 3.63) is 51.6 Å². The van der Waals surface area contributed by atoms with Gasteiger partial charge in [0.25, 0.3) is 0 Å². The van der Waals surface area contributed by atoms with Crippen LogP contribution in [0.5, 0.6) is 0 Å². The largest absolute Gasteiger partial charge is 0.461 e. The summed E-state index contributed by atoms with van der Waals surface area (Å²) in [7, 11) is 0. The third-order valence-electron chi connectivity index (χ3n) is 2.82. The zero-order valence-electron chi connectivity index (χ0n) is 9.67. The van der Waals surface area contributed by atoms with Crippen molar-refractivity contribution in [3.63, 3.8) is 0 Å². The molecule has 0 saturated carbocycles. The van der Waals surface area contributed by atoms with Crippen LogP contribution in [0.15, 0.2) is 33.5 Å². The van der Waals surface area contributed by atoms with Gasteiger partial charge in [0.2, 0.25) is 0 Å². The van der Waals surface area contributed by atoms with Crippen LogP contribution in [-0.2, 0) is 6.42 Å². The molecule has 6 nitrogen and oxygen atoms in total. The zero-order valence-corrected chi connectivity index (χ0v) is 9.67. The summed E-state index contributed by atoms with van der Waals surface area (Å²) in [6, 6.07) is 7.18. The van der Waals surface area contributed by atoms with Crippen molar-refractivity contribution in [2.24, 2.45) is 0 Å². The highest BCUT2D eigenvalue weighted by atomic mass is 16.3. The third kappa shape index (κ3) is 1.67. The number of hydrogen-bond acceptors (Lipinski definition) is 5. The fourth-order valence-electron chi connectivity index (χ4n) is 1.91. The number of aryl methyl sites for hydroxylation is 1. The summed E-state index contributed by atoms with van der Waals surface area (Å²) in [5.74, 6) is 1.06. The minimum Gasteiger partial charge on any atom is -0.461 e.